The molecule has 0 saturated carbocycles. The first-order valence-corrected chi connectivity index (χ1v) is 9.53. The topological polar surface area (TPSA) is 32.3 Å². The van der Waals surface area contributed by atoms with Crippen molar-refractivity contribution in [1.29, 1.82) is 0 Å². The summed E-state index contributed by atoms with van der Waals surface area (Å²) in [6.07, 6.45) is 3.05. The zero-order valence-corrected chi connectivity index (χ0v) is 15.3. The fraction of sp³-hybridized carbons (Fsp3) is 0.381. The molecule has 2 heterocycles. The lowest BCUT2D eigenvalue weighted by molar-refractivity contribution is -0.125. The van der Waals surface area contributed by atoms with Crippen molar-refractivity contribution in [2.75, 3.05) is 6.54 Å². The molecule has 3 nitrogen and oxygen atoms in total. The van der Waals surface area contributed by atoms with Gasteiger partial charge in [-0.3, -0.25) is 9.69 Å². The molecule has 2 aliphatic heterocycles. The van der Waals surface area contributed by atoms with E-state index in [1.807, 2.05) is 6.07 Å². The van der Waals surface area contributed by atoms with E-state index in [0.717, 1.165) is 31.4 Å². The number of nitrogens with zero attached hydrogens (tertiary/aromatic N) is 1. The normalized spacial score (nSPS) is 25.2. The van der Waals surface area contributed by atoms with Crippen molar-refractivity contribution >= 4 is 17.5 Å². The van der Waals surface area contributed by atoms with Crippen LogP contribution >= 0.6 is 11.6 Å². The highest BCUT2D eigenvalue weighted by molar-refractivity contribution is 6.31. The number of amides is 1. The monoisotopic (exact) mass is 372 g/mol. The van der Waals surface area contributed by atoms with Crippen LogP contribution in [0.4, 0.5) is 4.39 Å². The quantitative estimate of drug-likeness (QED) is 0.866. The van der Waals surface area contributed by atoms with Crippen molar-refractivity contribution in [3.8, 4) is 0 Å². The number of hydrogen-bond donors (Lipinski definition) is 1. The second-order valence-electron chi connectivity index (χ2n) is 7.17. The smallest absolute Gasteiger partial charge is 0.225 e. The number of carbonyl (C=O) groups is 1. The van der Waals surface area contributed by atoms with Crippen molar-refractivity contribution in [3.63, 3.8) is 0 Å². The summed E-state index contributed by atoms with van der Waals surface area (Å²) in [7, 11) is 0. The Balaban J connectivity index is 1.46. The zero-order valence-electron chi connectivity index (χ0n) is 14.5. The van der Waals surface area contributed by atoms with Crippen LogP contribution in [0.1, 0.15) is 36.4 Å². The highest BCUT2D eigenvalue weighted by atomic mass is 35.5. The fourth-order valence-electron chi connectivity index (χ4n) is 4.43. The van der Waals surface area contributed by atoms with Crippen LogP contribution in [0, 0.1) is 11.7 Å². The van der Waals surface area contributed by atoms with Gasteiger partial charge in [0.1, 0.15) is 5.82 Å². The van der Waals surface area contributed by atoms with Gasteiger partial charge >= 0.3 is 0 Å². The average molecular weight is 373 g/mol. The molecule has 2 saturated heterocycles. The molecule has 1 N–H and O–H groups in total. The third-order valence-electron chi connectivity index (χ3n) is 5.67. The van der Waals surface area contributed by atoms with Crippen LogP contribution in [0.5, 0.6) is 0 Å². The SMILES string of the molecule is O=C(NCc1ccc(F)cc1Cl)[C@@H]1C[C@H](c2ccccc2)N2CCC[C@@H]12. The van der Waals surface area contributed by atoms with E-state index in [1.165, 1.54) is 17.7 Å². The molecule has 5 heteroatoms. The molecule has 2 aromatic rings. The Kier molecular flexibility index (Phi) is 4.96. The average Bonchev–Trinajstić information content (AvgIpc) is 3.24. The predicted octanol–water partition coefficient (Wildman–Crippen LogP) is 4.32. The number of halogens is 2. The molecule has 0 aromatic heterocycles. The lowest BCUT2D eigenvalue weighted by atomic mass is 9.93. The van der Waals surface area contributed by atoms with Gasteiger partial charge in [0.15, 0.2) is 0 Å². The second kappa shape index (κ2) is 7.37. The van der Waals surface area contributed by atoms with E-state index in [4.69, 9.17) is 11.6 Å². The minimum Gasteiger partial charge on any atom is -0.352 e. The van der Waals surface area contributed by atoms with Crippen molar-refractivity contribution in [1.82, 2.24) is 10.2 Å². The molecule has 2 fully saturated rings. The molecule has 4 rings (SSSR count). The minimum absolute atomic E-state index is 0.0121. The molecule has 2 aromatic carbocycles. The molecule has 0 unspecified atom stereocenters. The van der Waals surface area contributed by atoms with E-state index in [-0.39, 0.29) is 17.6 Å². The van der Waals surface area contributed by atoms with E-state index in [9.17, 15) is 9.18 Å². The van der Waals surface area contributed by atoms with Crippen molar-refractivity contribution in [2.24, 2.45) is 5.92 Å². The number of nitrogens with one attached hydrogen (secondary N) is 1. The third-order valence-corrected chi connectivity index (χ3v) is 6.03. The predicted molar refractivity (Wildman–Crippen MR) is 100 cm³/mol. The van der Waals surface area contributed by atoms with Gasteiger partial charge in [0.2, 0.25) is 5.91 Å². The molecule has 0 spiro atoms. The maximum atomic E-state index is 13.2. The summed E-state index contributed by atoms with van der Waals surface area (Å²) in [6.45, 7) is 1.38. The third kappa shape index (κ3) is 3.36. The van der Waals surface area contributed by atoms with Crippen molar-refractivity contribution < 1.29 is 9.18 Å². The van der Waals surface area contributed by atoms with Gasteiger partial charge < -0.3 is 5.32 Å². The molecule has 3 atom stereocenters. The van der Waals surface area contributed by atoms with Crippen LogP contribution in [0.3, 0.4) is 0 Å². The minimum atomic E-state index is -0.367. The van der Waals surface area contributed by atoms with Crippen LogP contribution < -0.4 is 5.32 Å². The Hall–Kier alpha value is -1.91. The maximum Gasteiger partial charge on any atom is 0.225 e. The second-order valence-corrected chi connectivity index (χ2v) is 7.58. The highest BCUT2D eigenvalue weighted by Crippen LogP contribution is 2.44. The fourth-order valence-corrected chi connectivity index (χ4v) is 4.66. The first kappa shape index (κ1) is 17.5. The summed E-state index contributed by atoms with van der Waals surface area (Å²) in [5, 5.41) is 3.36. The maximum absolute atomic E-state index is 13.2. The van der Waals surface area contributed by atoms with E-state index in [0.29, 0.717) is 23.7 Å². The molecule has 0 aliphatic carbocycles. The molecule has 136 valence electrons. The Labute approximate surface area is 158 Å². The van der Waals surface area contributed by atoms with Crippen LogP contribution in [0.25, 0.3) is 0 Å². The number of carbonyl (C=O) groups excluding carboxylic acids is 1. The Morgan fingerprint density at radius 1 is 1.23 bits per heavy atom. The summed E-state index contributed by atoms with van der Waals surface area (Å²) in [6, 6.07) is 15.3. The van der Waals surface area contributed by atoms with Gasteiger partial charge in [-0.2, -0.15) is 0 Å². The van der Waals surface area contributed by atoms with E-state index in [2.05, 4.69) is 34.5 Å². The van der Waals surface area contributed by atoms with Crippen LogP contribution in [0.2, 0.25) is 5.02 Å². The lowest BCUT2D eigenvalue weighted by Crippen LogP contribution is -2.37. The number of rotatable bonds is 4. The summed E-state index contributed by atoms with van der Waals surface area (Å²) in [5.74, 6) is -0.309. The number of fused-ring (bicyclic) bond motifs is 1. The lowest BCUT2D eigenvalue weighted by Gasteiger charge is -2.24. The van der Waals surface area contributed by atoms with Gasteiger partial charge in [0.05, 0.1) is 5.92 Å². The summed E-state index contributed by atoms with van der Waals surface area (Å²) >= 11 is 6.07. The first-order chi connectivity index (χ1) is 12.6. The molecular formula is C21H22ClFN2O. The summed E-state index contributed by atoms with van der Waals surface area (Å²) in [4.78, 5) is 15.4. The number of hydrogen-bond acceptors (Lipinski definition) is 2. The molecule has 26 heavy (non-hydrogen) atoms. The van der Waals surface area contributed by atoms with E-state index < -0.39 is 0 Å². The summed E-state index contributed by atoms with van der Waals surface area (Å²) < 4.78 is 13.2. The van der Waals surface area contributed by atoms with Crippen LogP contribution in [0.15, 0.2) is 48.5 Å². The van der Waals surface area contributed by atoms with Gasteiger partial charge in [-0.25, -0.2) is 4.39 Å². The molecule has 0 radical (unpaired) electrons. The zero-order chi connectivity index (χ0) is 18.1. The molecule has 0 bridgehead atoms. The van der Waals surface area contributed by atoms with Gasteiger partial charge in [-0.15, -0.1) is 0 Å². The van der Waals surface area contributed by atoms with Gasteiger partial charge in [0, 0.05) is 23.7 Å². The molecule has 2 aliphatic rings. The Morgan fingerprint density at radius 2 is 2.04 bits per heavy atom. The van der Waals surface area contributed by atoms with E-state index in [1.54, 1.807) is 6.07 Å². The van der Waals surface area contributed by atoms with Crippen LogP contribution in [-0.4, -0.2) is 23.4 Å². The molecular weight excluding hydrogens is 351 g/mol. The van der Waals surface area contributed by atoms with E-state index >= 15 is 0 Å². The van der Waals surface area contributed by atoms with Crippen LogP contribution in [-0.2, 0) is 11.3 Å². The van der Waals surface area contributed by atoms with Crippen molar-refractivity contribution in [2.45, 2.75) is 37.9 Å². The molecule has 1 amide bonds. The Bertz CT molecular complexity index is 798. The first-order valence-electron chi connectivity index (χ1n) is 9.16. The highest BCUT2D eigenvalue weighted by Gasteiger charge is 2.46. The van der Waals surface area contributed by atoms with Gasteiger partial charge in [-0.1, -0.05) is 48.0 Å². The standard InChI is InChI=1S/C21H22ClFN2O/c22-18-11-16(23)9-8-15(18)13-24-21(26)17-12-20(14-5-2-1-3-6-14)25-10-4-7-19(17)25/h1-3,5-6,8-9,11,17,19-20H,4,7,10,12-13H2,(H,24,26)/t17-,19+,20-/m1/s1. The summed E-state index contributed by atoms with van der Waals surface area (Å²) in [5.41, 5.74) is 2.03. The van der Waals surface area contributed by atoms with Crippen molar-refractivity contribution in [3.05, 3.63) is 70.5 Å². The van der Waals surface area contributed by atoms with Gasteiger partial charge in [-0.05, 0) is 49.1 Å². The van der Waals surface area contributed by atoms with Gasteiger partial charge in [0.25, 0.3) is 0 Å². The largest absolute Gasteiger partial charge is 0.352 e. The number of benzene rings is 2. The Morgan fingerprint density at radius 3 is 2.81 bits per heavy atom.